The number of hydrogen-bond acceptors (Lipinski definition) is 2. The number of hydrogen-bond donors (Lipinski definition) is 1. The zero-order valence-electron chi connectivity index (χ0n) is 9.06. The van der Waals surface area contributed by atoms with Crippen LogP contribution in [-0.2, 0) is 12.8 Å². The molecule has 4 heteroatoms. The molecule has 0 unspecified atom stereocenters. The van der Waals surface area contributed by atoms with Crippen LogP contribution in [0.25, 0.3) is 0 Å². The third-order valence-electron chi connectivity index (χ3n) is 2.86. The van der Waals surface area contributed by atoms with Crippen molar-refractivity contribution in [2.45, 2.75) is 25.7 Å². The normalized spacial score (nSPS) is 13.7. The van der Waals surface area contributed by atoms with Crippen molar-refractivity contribution in [3.8, 4) is 5.75 Å². The van der Waals surface area contributed by atoms with Crippen LogP contribution in [0.4, 0.5) is 8.78 Å². The van der Waals surface area contributed by atoms with Crippen LogP contribution in [-0.4, -0.2) is 13.2 Å². The Hall–Kier alpha value is -1.16. The van der Waals surface area contributed by atoms with E-state index < -0.39 is 11.6 Å². The Bertz CT molecular complexity index is 393. The van der Waals surface area contributed by atoms with Crippen molar-refractivity contribution in [2.24, 2.45) is 5.73 Å². The van der Waals surface area contributed by atoms with Gasteiger partial charge in [0.1, 0.15) is 17.4 Å². The monoisotopic (exact) mass is 227 g/mol. The zero-order valence-corrected chi connectivity index (χ0v) is 9.06. The second-order valence-corrected chi connectivity index (χ2v) is 3.97. The number of unbranched alkanes of at least 4 members (excludes halogenated alkanes) is 1. The van der Waals surface area contributed by atoms with Crippen LogP contribution >= 0.6 is 0 Å². The van der Waals surface area contributed by atoms with Gasteiger partial charge in [-0.2, -0.15) is 0 Å². The fourth-order valence-electron chi connectivity index (χ4n) is 2.03. The maximum atomic E-state index is 13.6. The molecule has 1 aliphatic rings. The van der Waals surface area contributed by atoms with Crippen LogP contribution in [0, 0.1) is 11.6 Å². The van der Waals surface area contributed by atoms with Gasteiger partial charge in [0.15, 0.2) is 0 Å². The van der Waals surface area contributed by atoms with Gasteiger partial charge in [0.05, 0.1) is 6.61 Å². The molecule has 88 valence electrons. The van der Waals surface area contributed by atoms with Crippen LogP contribution in [0.15, 0.2) is 6.07 Å². The Balaban J connectivity index is 2.26. The molecule has 2 rings (SSSR count). The summed E-state index contributed by atoms with van der Waals surface area (Å²) in [5.41, 5.74) is 6.40. The zero-order chi connectivity index (χ0) is 11.5. The van der Waals surface area contributed by atoms with Gasteiger partial charge in [-0.3, -0.25) is 0 Å². The summed E-state index contributed by atoms with van der Waals surface area (Å²) in [5, 5.41) is 0. The van der Waals surface area contributed by atoms with Gasteiger partial charge in [0.25, 0.3) is 0 Å². The predicted octanol–water partition coefficient (Wildman–Crippen LogP) is 2.18. The van der Waals surface area contributed by atoms with E-state index in [0.29, 0.717) is 42.9 Å². The first-order valence-corrected chi connectivity index (χ1v) is 5.56. The number of ether oxygens (including phenoxy) is 1. The first-order chi connectivity index (χ1) is 7.74. The van der Waals surface area contributed by atoms with Crippen molar-refractivity contribution in [3.63, 3.8) is 0 Å². The highest BCUT2D eigenvalue weighted by molar-refractivity contribution is 5.45. The first-order valence-electron chi connectivity index (χ1n) is 5.56. The minimum atomic E-state index is -0.504. The first kappa shape index (κ1) is 11.3. The predicted molar refractivity (Wildman–Crippen MR) is 57.5 cm³/mol. The van der Waals surface area contributed by atoms with Crippen LogP contribution < -0.4 is 10.5 Å². The van der Waals surface area contributed by atoms with Gasteiger partial charge >= 0.3 is 0 Å². The summed E-state index contributed by atoms with van der Waals surface area (Å²) in [4.78, 5) is 0. The molecule has 0 aromatic heterocycles. The highest BCUT2D eigenvalue weighted by atomic mass is 19.1. The molecule has 0 amide bonds. The molecule has 2 N–H and O–H groups in total. The molecule has 0 saturated carbocycles. The highest BCUT2D eigenvalue weighted by Crippen LogP contribution is 2.34. The molecule has 1 aromatic rings. The standard InChI is InChI=1S/C12H15F2NO/c13-10-7-11(14)9-4-6-16-12(9)8(10)3-1-2-5-15/h7H,1-6,15H2. The highest BCUT2D eigenvalue weighted by Gasteiger charge is 2.23. The molecule has 1 heterocycles. The third-order valence-corrected chi connectivity index (χ3v) is 2.86. The van der Waals surface area contributed by atoms with E-state index in [4.69, 9.17) is 10.5 Å². The second kappa shape index (κ2) is 4.78. The molecule has 1 aromatic carbocycles. The van der Waals surface area contributed by atoms with Crippen molar-refractivity contribution in [2.75, 3.05) is 13.2 Å². The fourth-order valence-corrected chi connectivity index (χ4v) is 2.03. The molecule has 0 aliphatic carbocycles. The van der Waals surface area contributed by atoms with E-state index in [1.54, 1.807) is 0 Å². The van der Waals surface area contributed by atoms with E-state index in [-0.39, 0.29) is 0 Å². The quantitative estimate of drug-likeness (QED) is 0.800. The van der Waals surface area contributed by atoms with Gasteiger partial charge in [-0.15, -0.1) is 0 Å². The Labute approximate surface area is 93.4 Å². The number of rotatable bonds is 4. The van der Waals surface area contributed by atoms with E-state index in [9.17, 15) is 8.78 Å². The topological polar surface area (TPSA) is 35.2 Å². The summed E-state index contributed by atoms with van der Waals surface area (Å²) < 4.78 is 32.3. The minimum absolute atomic E-state index is 0.425. The van der Waals surface area contributed by atoms with Gasteiger partial charge in [-0.1, -0.05) is 0 Å². The Morgan fingerprint density at radius 3 is 2.81 bits per heavy atom. The van der Waals surface area contributed by atoms with E-state index in [1.165, 1.54) is 0 Å². The van der Waals surface area contributed by atoms with E-state index in [2.05, 4.69) is 0 Å². The van der Waals surface area contributed by atoms with Crippen molar-refractivity contribution in [1.29, 1.82) is 0 Å². The summed E-state index contributed by atoms with van der Waals surface area (Å²) in [6.45, 7) is 1.03. The van der Waals surface area contributed by atoms with Crippen molar-refractivity contribution < 1.29 is 13.5 Å². The van der Waals surface area contributed by atoms with Crippen molar-refractivity contribution in [1.82, 2.24) is 0 Å². The smallest absolute Gasteiger partial charge is 0.133 e. The van der Waals surface area contributed by atoms with Gasteiger partial charge in [0.2, 0.25) is 0 Å². The summed E-state index contributed by atoms with van der Waals surface area (Å²) in [7, 11) is 0. The van der Waals surface area contributed by atoms with Gasteiger partial charge in [-0.05, 0) is 25.8 Å². The average Bonchev–Trinajstić information content (AvgIpc) is 2.72. The molecule has 0 saturated heterocycles. The lowest BCUT2D eigenvalue weighted by Gasteiger charge is -2.09. The number of fused-ring (bicyclic) bond motifs is 1. The second-order valence-electron chi connectivity index (χ2n) is 3.97. The molecule has 0 fully saturated rings. The number of nitrogens with two attached hydrogens (primary N) is 1. The molecule has 16 heavy (non-hydrogen) atoms. The van der Waals surface area contributed by atoms with Gasteiger partial charge < -0.3 is 10.5 Å². The molecule has 0 bridgehead atoms. The Morgan fingerprint density at radius 1 is 1.25 bits per heavy atom. The van der Waals surface area contributed by atoms with Crippen LogP contribution in [0.2, 0.25) is 0 Å². The third kappa shape index (κ3) is 2.02. The lowest BCUT2D eigenvalue weighted by molar-refractivity contribution is 0.350. The maximum absolute atomic E-state index is 13.6. The van der Waals surface area contributed by atoms with Crippen LogP contribution in [0.1, 0.15) is 24.0 Å². The summed E-state index contributed by atoms with van der Waals surface area (Å²) >= 11 is 0. The van der Waals surface area contributed by atoms with Crippen LogP contribution in [0.5, 0.6) is 5.75 Å². The molecular weight excluding hydrogens is 212 g/mol. The fraction of sp³-hybridized carbons (Fsp3) is 0.500. The van der Waals surface area contributed by atoms with E-state index >= 15 is 0 Å². The van der Waals surface area contributed by atoms with Gasteiger partial charge in [0, 0.05) is 23.6 Å². The van der Waals surface area contributed by atoms with Crippen molar-refractivity contribution in [3.05, 3.63) is 28.8 Å². The Kier molecular flexibility index (Phi) is 3.39. The van der Waals surface area contributed by atoms with Crippen LogP contribution in [0.3, 0.4) is 0 Å². The Morgan fingerprint density at radius 2 is 2.06 bits per heavy atom. The summed E-state index contributed by atoms with van der Waals surface area (Å²) in [5.74, 6) is -0.572. The molecule has 1 aliphatic heterocycles. The molecule has 0 spiro atoms. The summed E-state index contributed by atoms with van der Waals surface area (Å²) in [6, 6.07) is 0.964. The SMILES string of the molecule is NCCCCc1c(F)cc(F)c2c1OCC2. The lowest BCUT2D eigenvalue weighted by atomic mass is 10.0. The van der Waals surface area contributed by atoms with E-state index in [0.717, 1.165) is 18.9 Å². The molecule has 0 atom stereocenters. The lowest BCUT2D eigenvalue weighted by Crippen LogP contribution is -2.02. The largest absolute Gasteiger partial charge is 0.492 e. The molecular formula is C12H15F2NO. The van der Waals surface area contributed by atoms with Crippen molar-refractivity contribution >= 4 is 0 Å². The number of halogens is 2. The maximum Gasteiger partial charge on any atom is 0.133 e. The average molecular weight is 227 g/mol. The minimum Gasteiger partial charge on any atom is -0.492 e. The van der Waals surface area contributed by atoms with Gasteiger partial charge in [-0.25, -0.2) is 8.78 Å². The van der Waals surface area contributed by atoms with E-state index in [1.807, 2.05) is 0 Å². The number of benzene rings is 1. The molecule has 2 nitrogen and oxygen atoms in total. The summed E-state index contributed by atoms with van der Waals surface area (Å²) in [6.07, 6.45) is 2.73. The molecule has 0 radical (unpaired) electrons.